The van der Waals surface area contributed by atoms with Crippen LogP contribution in [0.25, 0.3) is 10.9 Å². The van der Waals surface area contributed by atoms with Gasteiger partial charge in [0.05, 0.1) is 36.1 Å². The third kappa shape index (κ3) is 5.85. The number of piperazine rings is 1. The molecule has 0 radical (unpaired) electrons. The van der Waals surface area contributed by atoms with Crippen molar-refractivity contribution in [1.29, 1.82) is 0 Å². The first kappa shape index (κ1) is 24.4. The monoisotopic (exact) mass is 492 g/mol. The summed E-state index contributed by atoms with van der Waals surface area (Å²) >= 11 is 0. The fraction of sp³-hybridized carbons (Fsp3) is 0.409. The molecule has 0 saturated carbocycles. The number of ether oxygens (including phenoxy) is 1. The minimum absolute atomic E-state index is 0.0842. The Hall–Kier alpha value is -3.74. The van der Waals surface area contributed by atoms with E-state index in [2.05, 4.69) is 19.9 Å². The number of nitrogens with one attached hydrogen (secondary N) is 2. The Morgan fingerprint density at radius 1 is 1.03 bits per heavy atom. The van der Waals surface area contributed by atoms with Gasteiger partial charge in [0.1, 0.15) is 0 Å². The zero-order valence-electron chi connectivity index (χ0n) is 18.6. The van der Waals surface area contributed by atoms with Crippen molar-refractivity contribution >= 4 is 22.8 Å². The van der Waals surface area contributed by atoms with Crippen LogP contribution in [0, 0.1) is 0 Å². The van der Waals surface area contributed by atoms with Crippen molar-refractivity contribution in [2.45, 2.75) is 19.0 Å². The summed E-state index contributed by atoms with van der Waals surface area (Å²) in [6, 6.07) is 5.15. The predicted molar refractivity (Wildman–Crippen MR) is 120 cm³/mol. The lowest BCUT2D eigenvalue weighted by Crippen LogP contribution is -2.49. The number of aromatic nitrogens is 4. The Morgan fingerprint density at radius 2 is 1.74 bits per heavy atom. The molecule has 1 aromatic carbocycles. The second-order valence-corrected chi connectivity index (χ2v) is 8.00. The van der Waals surface area contributed by atoms with Gasteiger partial charge in [0.2, 0.25) is 11.9 Å². The van der Waals surface area contributed by atoms with E-state index >= 15 is 0 Å². The molecule has 3 heterocycles. The highest BCUT2D eigenvalue weighted by molar-refractivity contribution is 5.80. The number of carbonyl (C=O) groups excluding carboxylic acids is 1. The Kier molecular flexibility index (Phi) is 7.15. The number of hydrogen-bond acceptors (Lipinski definition) is 7. The molecule has 1 amide bonds. The lowest BCUT2D eigenvalue weighted by atomic mass is 10.1. The smallest absolute Gasteiger partial charge is 0.381 e. The van der Waals surface area contributed by atoms with Gasteiger partial charge in [-0.2, -0.15) is 13.2 Å². The Labute approximate surface area is 196 Å². The number of carbonyl (C=O) groups is 1. The largest absolute Gasteiger partial charge is 0.419 e. The SMILES string of the molecule is O=C(CCOCCc1cccc2c(=O)[nH]c(=O)[nH]c12)N1CCN(c2ncc(C(F)(F)F)cn2)CC1. The molecule has 13 heteroatoms. The molecule has 0 spiro atoms. The molecule has 1 aliphatic heterocycles. The minimum Gasteiger partial charge on any atom is -0.381 e. The van der Waals surface area contributed by atoms with Crippen LogP contribution in [0.4, 0.5) is 19.1 Å². The summed E-state index contributed by atoms with van der Waals surface area (Å²) in [5.74, 6) is 0.115. The average molecular weight is 492 g/mol. The highest BCUT2D eigenvalue weighted by Gasteiger charge is 2.32. The summed E-state index contributed by atoms with van der Waals surface area (Å²) in [6.07, 6.45) is -2.34. The van der Waals surface area contributed by atoms with Crippen LogP contribution in [-0.4, -0.2) is 70.1 Å². The lowest BCUT2D eigenvalue weighted by Gasteiger charge is -2.34. The maximum atomic E-state index is 12.7. The molecule has 35 heavy (non-hydrogen) atoms. The van der Waals surface area contributed by atoms with E-state index < -0.39 is 23.0 Å². The van der Waals surface area contributed by atoms with Gasteiger partial charge in [-0.1, -0.05) is 12.1 Å². The molecular weight excluding hydrogens is 469 g/mol. The van der Waals surface area contributed by atoms with E-state index in [1.165, 1.54) is 0 Å². The van der Waals surface area contributed by atoms with Gasteiger partial charge < -0.3 is 19.5 Å². The maximum absolute atomic E-state index is 12.7. The Balaban J connectivity index is 1.20. The predicted octanol–water partition coefficient (Wildman–Crippen LogP) is 1.32. The molecule has 2 N–H and O–H groups in total. The van der Waals surface area contributed by atoms with Crippen LogP contribution < -0.4 is 16.1 Å². The molecule has 1 aliphatic rings. The van der Waals surface area contributed by atoms with E-state index in [9.17, 15) is 27.6 Å². The van der Waals surface area contributed by atoms with Gasteiger partial charge in [0.25, 0.3) is 5.56 Å². The molecule has 0 aliphatic carbocycles. The molecule has 10 nitrogen and oxygen atoms in total. The Bertz CT molecular complexity index is 1300. The molecule has 3 aromatic rings. The van der Waals surface area contributed by atoms with Crippen LogP contribution in [0.1, 0.15) is 17.5 Å². The number of nitrogens with zero attached hydrogens (tertiary/aromatic N) is 4. The highest BCUT2D eigenvalue weighted by Crippen LogP contribution is 2.28. The van der Waals surface area contributed by atoms with Crippen LogP contribution in [0.2, 0.25) is 0 Å². The number of H-pyrrole nitrogens is 2. The van der Waals surface area contributed by atoms with Gasteiger partial charge >= 0.3 is 11.9 Å². The van der Waals surface area contributed by atoms with Crippen molar-refractivity contribution in [2.24, 2.45) is 0 Å². The standard InChI is InChI=1S/C22H23F3N6O4/c23-22(24,25)15-12-26-20(27-13-15)31-8-6-30(7-9-31)17(32)5-11-35-10-4-14-2-1-3-16-18(14)28-21(34)29-19(16)33/h1-3,12-13H,4-11H2,(H2,28,29,33,34). The second kappa shape index (κ2) is 10.3. The van der Waals surface area contributed by atoms with Crippen LogP contribution >= 0.6 is 0 Å². The summed E-state index contributed by atoms with van der Waals surface area (Å²) in [5.41, 5.74) is -0.708. The summed E-state index contributed by atoms with van der Waals surface area (Å²) in [6.45, 7) is 2.15. The number of amides is 1. The zero-order valence-corrected chi connectivity index (χ0v) is 18.6. The minimum atomic E-state index is -4.49. The third-order valence-corrected chi connectivity index (χ3v) is 5.72. The molecule has 0 unspecified atom stereocenters. The highest BCUT2D eigenvalue weighted by atomic mass is 19.4. The van der Waals surface area contributed by atoms with Crippen molar-refractivity contribution in [3.63, 3.8) is 0 Å². The molecule has 1 fully saturated rings. The van der Waals surface area contributed by atoms with Crippen molar-refractivity contribution in [3.05, 3.63) is 62.6 Å². The number of fused-ring (bicyclic) bond motifs is 1. The van der Waals surface area contributed by atoms with Crippen LogP contribution in [0.3, 0.4) is 0 Å². The quantitative estimate of drug-likeness (QED) is 0.477. The number of para-hydroxylation sites is 1. The number of rotatable bonds is 7. The van der Waals surface area contributed by atoms with Crippen molar-refractivity contribution in [3.8, 4) is 0 Å². The third-order valence-electron chi connectivity index (χ3n) is 5.72. The normalized spacial score (nSPS) is 14.5. The van der Waals surface area contributed by atoms with Crippen molar-refractivity contribution < 1.29 is 22.7 Å². The van der Waals surface area contributed by atoms with Crippen molar-refractivity contribution in [1.82, 2.24) is 24.8 Å². The number of hydrogen-bond donors (Lipinski definition) is 2. The molecule has 186 valence electrons. The Morgan fingerprint density at radius 3 is 2.43 bits per heavy atom. The summed E-state index contributed by atoms with van der Waals surface area (Å²) in [4.78, 5) is 51.8. The van der Waals surface area contributed by atoms with Crippen LogP contribution in [0.5, 0.6) is 0 Å². The summed E-state index contributed by atoms with van der Waals surface area (Å²) in [7, 11) is 0. The van der Waals surface area contributed by atoms with Gasteiger partial charge in [0, 0.05) is 38.6 Å². The topological polar surface area (TPSA) is 124 Å². The second-order valence-electron chi connectivity index (χ2n) is 8.00. The maximum Gasteiger partial charge on any atom is 0.419 e. The summed E-state index contributed by atoms with van der Waals surface area (Å²) < 4.78 is 43.6. The number of benzene rings is 1. The van der Waals surface area contributed by atoms with E-state index in [-0.39, 0.29) is 24.9 Å². The molecule has 0 bridgehead atoms. The van der Waals surface area contributed by atoms with Gasteiger partial charge in [0.15, 0.2) is 0 Å². The van der Waals surface area contributed by atoms with Gasteiger partial charge in [-0.05, 0) is 18.1 Å². The number of aromatic amines is 2. The van der Waals surface area contributed by atoms with Gasteiger partial charge in [-0.15, -0.1) is 0 Å². The van der Waals surface area contributed by atoms with Crippen LogP contribution in [-0.2, 0) is 22.1 Å². The number of anilines is 1. The summed E-state index contributed by atoms with van der Waals surface area (Å²) in [5, 5.41) is 0.387. The van der Waals surface area contributed by atoms with E-state index in [1.54, 1.807) is 28.0 Å². The van der Waals surface area contributed by atoms with Gasteiger partial charge in [-0.25, -0.2) is 14.8 Å². The van der Waals surface area contributed by atoms with Gasteiger partial charge in [-0.3, -0.25) is 14.6 Å². The molecule has 0 atom stereocenters. The average Bonchev–Trinajstić information content (AvgIpc) is 2.83. The first-order chi connectivity index (χ1) is 16.7. The molecule has 4 rings (SSSR count). The van der Waals surface area contributed by atoms with E-state index in [4.69, 9.17) is 4.74 Å². The fourth-order valence-corrected chi connectivity index (χ4v) is 3.85. The zero-order chi connectivity index (χ0) is 25.0. The fourth-order valence-electron chi connectivity index (χ4n) is 3.85. The molecule has 2 aromatic heterocycles. The molecule has 1 saturated heterocycles. The van der Waals surface area contributed by atoms with Crippen molar-refractivity contribution in [2.75, 3.05) is 44.3 Å². The van der Waals surface area contributed by atoms with Crippen LogP contribution in [0.15, 0.2) is 40.2 Å². The first-order valence-corrected chi connectivity index (χ1v) is 11.0. The van der Waals surface area contributed by atoms with E-state index in [0.29, 0.717) is 50.1 Å². The molecular formula is C22H23F3N6O4. The first-order valence-electron chi connectivity index (χ1n) is 11.0. The lowest BCUT2D eigenvalue weighted by molar-refractivity contribution is -0.138. The van der Waals surface area contributed by atoms with E-state index in [0.717, 1.165) is 18.0 Å². The number of halogens is 3. The number of alkyl halides is 3. The van der Waals surface area contributed by atoms with E-state index in [1.807, 2.05) is 0 Å².